The van der Waals surface area contributed by atoms with Gasteiger partial charge in [-0.2, -0.15) is 0 Å². The average molecular weight is 384 g/mol. The lowest BCUT2D eigenvalue weighted by molar-refractivity contribution is 0.0600. The van der Waals surface area contributed by atoms with Crippen molar-refractivity contribution in [3.63, 3.8) is 0 Å². The maximum absolute atomic E-state index is 13.2. The van der Waals surface area contributed by atoms with E-state index < -0.39 is 23.5 Å². The first-order chi connectivity index (χ1) is 13.5. The summed E-state index contributed by atoms with van der Waals surface area (Å²) in [6, 6.07) is 12.5. The Morgan fingerprint density at radius 2 is 1.64 bits per heavy atom. The fourth-order valence-corrected chi connectivity index (χ4v) is 2.28. The number of amides is 1. The largest absolute Gasteiger partial charge is 0.465 e. The molecule has 0 radical (unpaired) electrons. The molecule has 142 valence electrons. The molecule has 7 nitrogen and oxygen atoms in total. The van der Waals surface area contributed by atoms with Crippen LogP contribution in [0, 0.1) is 11.6 Å². The summed E-state index contributed by atoms with van der Waals surface area (Å²) in [6.07, 6.45) is 0. The van der Waals surface area contributed by atoms with E-state index in [1.54, 1.807) is 30.3 Å². The molecule has 0 spiro atoms. The summed E-state index contributed by atoms with van der Waals surface area (Å²) in [4.78, 5) is 23.6. The van der Waals surface area contributed by atoms with Gasteiger partial charge in [0.15, 0.2) is 23.3 Å². The first-order valence-corrected chi connectivity index (χ1v) is 8.02. The molecule has 9 heteroatoms. The van der Waals surface area contributed by atoms with E-state index in [1.807, 2.05) is 0 Å². The molecule has 1 aromatic heterocycles. The van der Waals surface area contributed by atoms with Crippen LogP contribution in [0.15, 0.2) is 54.6 Å². The Hall–Kier alpha value is -3.88. The van der Waals surface area contributed by atoms with Crippen molar-refractivity contribution < 1.29 is 23.1 Å². The number of esters is 1. The molecule has 28 heavy (non-hydrogen) atoms. The van der Waals surface area contributed by atoms with Crippen LogP contribution in [0.3, 0.4) is 0 Å². The quantitative estimate of drug-likeness (QED) is 0.654. The standard InChI is InChI=1S/C19H14F2N4O3/c1-28-19(27)12-3-2-4-13(9-12)22-16-7-8-17(25-24-16)23-18(26)11-5-6-14(20)15(21)10-11/h2-10H,1H3,(H,22,24)(H,23,25,26). The van der Waals surface area contributed by atoms with Crippen molar-refractivity contribution >= 4 is 29.2 Å². The number of halogens is 2. The first-order valence-electron chi connectivity index (χ1n) is 8.02. The molecule has 0 fully saturated rings. The van der Waals surface area contributed by atoms with Crippen molar-refractivity contribution in [1.82, 2.24) is 10.2 Å². The van der Waals surface area contributed by atoms with Gasteiger partial charge in [-0.1, -0.05) is 6.07 Å². The van der Waals surface area contributed by atoms with E-state index in [-0.39, 0.29) is 11.4 Å². The second-order valence-electron chi connectivity index (χ2n) is 5.58. The van der Waals surface area contributed by atoms with E-state index in [0.717, 1.165) is 18.2 Å². The summed E-state index contributed by atoms with van der Waals surface area (Å²) in [7, 11) is 1.29. The summed E-state index contributed by atoms with van der Waals surface area (Å²) in [6.45, 7) is 0. The zero-order valence-electron chi connectivity index (χ0n) is 14.6. The fraction of sp³-hybridized carbons (Fsp3) is 0.0526. The van der Waals surface area contributed by atoms with Gasteiger partial charge < -0.3 is 15.4 Å². The second kappa shape index (κ2) is 8.21. The lowest BCUT2D eigenvalue weighted by Crippen LogP contribution is -2.14. The molecule has 0 aliphatic carbocycles. The average Bonchev–Trinajstić information content (AvgIpc) is 2.71. The van der Waals surface area contributed by atoms with Gasteiger partial charge in [0.25, 0.3) is 5.91 Å². The SMILES string of the molecule is COC(=O)c1cccc(Nc2ccc(NC(=O)c3ccc(F)c(F)c3)nn2)c1. The zero-order chi connectivity index (χ0) is 20.1. The van der Waals surface area contributed by atoms with Gasteiger partial charge in [-0.05, 0) is 48.5 Å². The van der Waals surface area contributed by atoms with Crippen LogP contribution in [0.2, 0.25) is 0 Å². The molecular weight excluding hydrogens is 370 g/mol. The molecule has 0 unspecified atom stereocenters. The molecule has 0 saturated carbocycles. The summed E-state index contributed by atoms with van der Waals surface area (Å²) in [5, 5.41) is 13.2. The minimum atomic E-state index is -1.12. The van der Waals surface area contributed by atoms with Crippen molar-refractivity contribution in [1.29, 1.82) is 0 Å². The molecule has 2 N–H and O–H groups in total. The number of carbonyl (C=O) groups is 2. The van der Waals surface area contributed by atoms with E-state index in [1.165, 1.54) is 13.2 Å². The van der Waals surface area contributed by atoms with Crippen molar-refractivity contribution in [2.24, 2.45) is 0 Å². The van der Waals surface area contributed by atoms with Crippen molar-refractivity contribution in [3.05, 3.63) is 77.4 Å². The van der Waals surface area contributed by atoms with E-state index in [0.29, 0.717) is 17.1 Å². The fourth-order valence-electron chi connectivity index (χ4n) is 2.28. The third-order valence-corrected chi connectivity index (χ3v) is 3.64. The molecule has 3 rings (SSSR count). The molecule has 3 aromatic rings. The van der Waals surface area contributed by atoms with Gasteiger partial charge in [0.2, 0.25) is 0 Å². The number of hydrogen-bond donors (Lipinski definition) is 2. The van der Waals surface area contributed by atoms with Crippen LogP contribution in [0.4, 0.5) is 26.1 Å². The lowest BCUT2D eigenvalue weighted by atomic mass is 10.2. The van der Waals surface area contributed by atoms with Gasteiger partial charge in [-0.25, -0.2) is 13.6 Å². The minimum absolute atomic E-state index is 0.0532. The normalized spacial score (nSPS) is 10.2. The molecule has 1 heterocycles. The molecule has 0 saturated heterocycles. The van der Waals surface area contributed by atoms with E-state index in [4.69, 9.17) is 0 Å². The number of aromatic nitrogens is 2. The van der Waals surface area contributed by atoms with Crippen LogP contribution in [-0.4, -0.2) is 29.2 Å². The monoisotopic (exact) mass is 384 g/mol. The molecule has 0 atom stereocenters. The Morgan fingerprint density at radius 3 is 2.32 bits per heavy atom. The van der Waals surface area contributed by atoms with Gasteiger partial charge >= 0.3 is 5.97 Å². The molecule has 1 amide bonds. The maximum atomic E-state index is 13.2. The van der Waals surface area contributed by atoms with Gasteiger partial charge in [0.1, 0.15) is 0 Å². The van der Waals surface area contributed by atoms with E-state index in [9.17, 15) is 18.4 Å². The lowest BCUT2D eigenvalue weighted by Gasteiger charge is -2.08. The number of nitrogens with zero attached hydrogens (tertiary/aromatic N) is 2. The van der Waals surface area contributed by atoms with Gasteiger partial charge in [0.05, 0.1) is 12.7 Å². The molecule has 0 bridgehead atoms. The minimum Gasteiger partial charge on any atom is -0.465 e. The number of rotatable bonds is 5. The Bertz CT molecular complexity index is 1030. The van der Waals surface area contributed by atoms with Gasteiger partial charge in [-0.15, -0.1) is 10.2 Å². The maximum Gasteiger partial charge on any atom is 0.337 e. The van der Waals surface area contributed by atoms with Crippen molar-refractivity contribution in [3.8, 4) is 0 Å². The predicted molar refractivity (Wildman–Crippen MR) is 97.4 cm³/mol. The van der Waals surface area contributed by atoms with Crippen molar-refractivity contribution in [2.45, 2.75) is 0 Å². The molecule has 0 aliphatic rings. The number of anilines is 3. The van der Waals surface area contributed by atoms with Crippen molar-refractivity contribution in [2.75, 3.05) is 17.7 Å². The third kappa shape index (κ3) is 4.44. The highest BCUT2D eigenvalue weighted by molar-refractivity contribution is 6.03. The Morgan fingerprint density at radius 1 is 0.893 bits per heavy atom. The van der Waals surface area contributed by atoms with Crippen LogP contribution < -0.4 is 10.6 Å². The van der Waals surface area contributed by atoms with Gasteiger partial charge in [0, 0.05) is 11.3 Å². The highest BCUT2D eigenvalue weighted by atomic mass is 19.2. The van der Waals surface area contributed by atoms with Crippen LogP contribution in [0.1, 0.15) is 20.7 Å². The van der Waals surface area contributed by atoms with Crippen LogP contribution >= 0.6 is 0 Å². The topological polar surface area (TPSA) is 93.2 Å². The molecule has 2 aromatic carbocycles. The summed E-state index contributed by atoms with van der Waals surface area (Å²) < 4.78 is 30.8. The van der Waals surface area contributed by atoms with Gasteiger partial charge in [-0.3, -0.25) is 4.79 Å². The second-order valence-corrected chi connectivity index (χ2v) is 5.58. The van der Waals surface area contributed by atoms with E-state index >= 15 is 0 Å². The number of methoxy groups -OCH3 is 1. The predicted octanol–water partition coefficient (Wildman–Crippen LogP) is 3.54. The Labute approximate surface area is 158 Å². The number of benzene rings is 2. The zero-order valence-corrected chi connectivity index (χ0v) is 14.6. The van der Waals surface area contributed by atoms with Crippen LogP contribution in [-0.2, 0) is 4.74 Å². The Balaban J connectivity index is 1.67. The third-order valence-electron chi connectivity index (χ3n) is 3.64. The van der Waals surface area contributed by atoms with Crippen LogP contribution in [0.5, 0.6) is 0 Å². The number of carbonyl (C=O) groups excluding carboxylic acids is 2. The van der Waals surface area contributed by atoms with Crippen LogP contribution in [0.25, 0.3) is 0 Å². The van der Waals surface area contributed by atoms with E-state index in [2.05, 4.69) is 25.6 Å². The molecular formula is C19H14F2N4O3. The number of nitrogens with one attached hydrogen (secondary N) is 2. The molecule has 0 aliphatic heterocycles. The summed E-state index contributed by atoms with van der Waals surface area (Å²) >= 11 is 0. The summed E-state index contributed by atoms with van der Waals surface area (Å²) in [5.74, 6) is -2.78. The highest BCUT2D eigenvalue weighted by Gasteiger charge is 2.11. The highest BCUT2D eigenvalue weighted by Crippen LogP contribution is 2.17. The number of hydrogen-bond acceptors (Lipinski definition) is 6. The number of ether oxygens (including phenoxy) is 1. The Kier molecular flexibility index (Phi) is 5.54. The smallest absolute Gasteiger partial charge is 0.337 e. The summed E-state index contributed by atoms with van der Waals surface area (Å²) in [5.41, 5.74) is 0.911. The first kappa shape index (κ1) is 18.9.